The minimum absolute atomic E-state index is 0.00543. The van der Waals surface area contributed by atoms with Crippen molar-refractivity contribution in [3.05, 3.63) is 58.9 Å². The van der Waals surface area contributed by atoms with Gasteiger partial charge in [0.05, 0.1) is 28.6 Å². The van der Waals surface area contributed by atoms with Gasteiger partial charge in [-0.1, -0.05) is 6.07 Å². The number of aliphatic carboxylic acids is 1. The molecule has 3 heterocycles. The highest BCUT2D eigenvalue weighted by Crippen LogP contribution is 2.56. The molecule has 3 saturated carbocycles. The van der Waals surface area contributed by atoms with Gasteiger partial charge in [-0.3, -0.25) is 4.79 Å². The fraction of sp³-hybridized carbons (Fsp3) is 0.516. The zero-order chi connectivity index (χ0) is 32.6. The second-order valence-electron chi connectivity index (χ2n) is 12.5. The molecule has 46 heavy (non-hydrogen) atoms. The largest absolute Gasteiger partial charge is 0.586 e. The fourth-order valence-electron chi connectivity index (χ4n) is 7.22. The first-order valence-electron chi connectivity index (χ1n) is 15.0. The number of pyridine rings is 1. The first kappa shape index (κ1) is 30.6. The molecule has 0 amide bonds. The molecule has 0 spiro atoms. The van der Waals surface area contributed by atoms with Gasteiger partial charge in [0.15, 0.2) is 22.9 Å². The van der Waals surface area contributed by atoms with Crippen LogP contribution in [-0.2, 0) is 22.1 Å². The molecule has 0 radical (unpaired) electrons. The summed E-state index contributed by atoms with van der Waals surface area (Å²) in [6, 6.07) is 5.13. The molecule has 1 aromatic carbocycles. The van der Waals surface area contributed by atoms with E-state index < -0.39 is 59.1 Å². The Morgan fingerprint density at radius 3 is 2.46 bits per heavy atom. The zero-order valence-electron chi connectivity index (χ0n) is 24.5. The Balaban J connectivity index is 1.20. The second-order valence-corrected chi connectivity index (χ2v) is 12.5. The zero-order valence-corrected chi connectivity index (χ0v) is 24.5. The van der Waals surface area contributed by atoms with Gasteiger partial charge in [0, 0.05) is 11.6 Å². The minimum Gasteiger partial charge on any atom is -0.481 e. The quantitative estimate of drug-likeness (QED) is 0.207. The van der Waals surface area contributed by atoms with E-state index in [4.69, 9.17) is 9.47 Å². The Labute approximate surface area is 258 Å². The lowest BCUT2D eigenvalue weighted by molar-refractivity contribution is -0.286. The molecule has 3 aromatic rings. The van der Waals surface area contributed by atoms with Crippen molar-refractivity contribution in [2.45, 2.75) is 95.0 Å². The number of hydrogen-bond acceptors (Lipinski definition) is 7. The summed E-state index contributed by atoms with van der Waals surface area (Å²) in [6.45, 7) is 1.52. The molecule has 2 bridgehead atoms. The number of halogens is 6. The lowest BCUT2D eigenvalue weighted by Crippen LogP contribution is -2.51. The van der Waals surface area contributed by atoms with Gasteiger partial charge < -0.3 is 24.1 Å². The van der Waals surface area contributed by atoms with Crippen molar-refractivity contribution in [2.24, 2.45) is 5.41 Å². The first-order valence-corrected chi connectivity index (χ1v) is 15.0. The van der Waals surface area contributed by atoms with Crippen molar-refractivity contribution in [2.75, 3.05) is 0 Å². The van der Waals surface area contributed by atoms with Gasteiger partial charge in [-0.15, -0.1) is 8.78 Å². The van der Waals surface area contributed by atoms with Crippen molar-refractivity contribution in [3.8, 4) is 22.9 Å². The van der Waals surface area contributed by atoms with Crippen molar-refractivity contribution >= 4 is 5.97 Å². The number of ether oxygens (including phenoxy) is 4. The number of hydrogen-bond donors (Lipinski definition) is 1. The number of benzene rings is 1. The van der Waals surface area contributed by atoms with E-state index in [1.54, 1.807) is 0 Å². The highest BCUT2D eigenvalue weighted by atomic mass is 19.4. The standard InChI is InChI=1S/C31H29F6N3O6/c1-16(17-5-6-20-22(13-17)46-31(36,37)45-20)43-23-14-18(15-38-26(23)32)40-24-19(25(39-40)30(33,34)35)3-2-4-21(24)44-29-10-7-28(8-11-29,9-12-29)27(41)42/h5-6,13-16,21H,2-4,7-12H2,1H3,(H,41,42)/t16-,21+,28?,29?/m0/s1. The molecule has 2 aromatic heterocycles. The van der Waals surface area contributed by atoms with E-state index in [0.29, 0.717) is 56.9 Å². The van der Waals surface area contributed by atoms with Crippen molar-refractivity contribution in [1.29, 1.82) is 0 Å². The van der Waals surface area contributed by atoms with Gasteiger partial charge in [0.2, 0.25) is 0 Å². The summed E-state index contributed by atoms with van der Waals surface area (Å²) in [5.74, 6) is -2.69. The fourth-order valence-corrected chi connectivity index (χ4v) is 7.22. The van der Waals surface area contributed by atoms with Gasteiger partial charge >= 0.3 is 18.4 Å². The maximum Gasteiger partial charge on any atom is 0.586 e. The third kappa shape index (κ3) is 5.21. The molecule has 5 aliphatic rings. The summed E-state index contributed by atoms with van der Waals surface area (Å²) < 4.78 is 107. The highest BCUT2D eigenvalue weighted by molar-refractivity contribution is 5.75. The number of carbonyl (C=O) groups is 1. The molecule has 1 aliphatic heterocycles. The van der Waals surface area contributed by atoms with Crippen LogP contribution in [0.3, 0.4) is 0 Å². The van der Waals surface area contributed by atoms with Crippen LogP contribution in [0.1, 0.15) is 93.0 Å². The maximum atomic E-state index is 14.9. The van der Waals surface area contributed by atoms with Crippen LogP contribution in [-0.4, -0.2) is 37.7 Å². The molecular weight excluding hydrogens is 624 g/mol. The predicted molar refractivity (Wildman–Crippen MR) is 145 cm³/mol. The third-order valence-corrected chi connectivity index (χ3v) is 9.75. The van der Waals surface area contributed by atoms with Crippen molar-refractivity contribution in [1.82, 2.24) is 14.8 Å². The van der Waals surface area contributed by atoms with Crippen molar-refractivity contribution < 1.29 is 55.2 Å². The Hall–Kier alpha value is -4.01. The van der Waals surface area contributed by atoms with Crippen LogP contribution in [0.2, 0.25) is 0 Å². The molecule has 4 aliphatic carbocycles. The van der Waals surface area contributed by atoms with Gasteiger partial charge in [-0.2, -0.15) is 22.7 Å². The summed E-state index contributed by atoms with van der Waals surface area (Å²) in [6.07, 6.45) is -5.55. The van der Waals surface area contributed by atoms with Gasteiger partial charge in [-0.05, 0) is 82.4 Å². The highest BCUT2D eigenvalue weighted by Gasteiger charge is 2.55. The minimum atomic E-state index is -4.77. The predicted octanol–water partition coefficient (Wildman–Crippen LogP) is 7.46. The molecule has 0 unspecified atom stereocenters. The van der Waals surface area contributed by atoms with E-state index in [-0.39, 0.29) is 34.9 Å². The van der Waals surface area contributed by atoms with Crippen LogP contribution >= 0.6 is 0 Å². The summed E-state index contributed by atoms with van der Waals surface area (Å²) in [7, 11) is 0. The number of aromatic nitrogens is 3. The van der Waals surface area contributed by atoms with E-state index in [9.17, 15) is 36.2 Å². The summed E-state index contributed by atoms with van der Waals surface area (Å²) in [4.78, 5) is 15.6. The van der Waals surface area contributed by atoms with Crippen LogP contribution in [0, 0.1) is 11.4 Å². The molecule has 2 atom stereocenters. The average molecular weight is 654 g/mol. The van der Waals surface area contributed by atoms with E-state index >= 15 is 0 Å². The second kappa shape index (κ2) is 10.5. The monoisotopic (exact) mass is 653 g/mol. The number of alkyl halides is 5. The summed E-state index contributed by atoms with van der Waals surface area (Å²) >= 11 is 0. The van der Waals surface area contributed by atoms with Crippen LogP contribution in [0.4, 0.5) is 26.3 Å². The molecule has 1 N–H and O–H groups in total. The molecule has 246 valence electrons. The van der Waals surface area contributed by atoms with E-state index in [0.717, 1.165) is 10.9 Å². The van der Waals surface area contributed by atoms with Gasteiger partial charge in [-0.25, -0.2) is 9.67 Å². The van der Waals surface area contributed by atoms with Gasteiger partial charge in [0.25, 0.3) is 5.95 Å². The molecular formula is C31H29F6N3O6. The topological polar surface area (TPSA) is 105 Å². The van der Waals surface area contributed by atoms with E-state index in [2.05, 4.69) is 19.6 Å². The number of nitrogens with zero attached hydrogens (tertiary/aromatic N) is 3. The third-order valence-electron chi connectivity index (χ3n) is 9.75. The molecule has 9 nitrogen and oxygen atoms in total. The van der Waals surface area contributed by atoms with E-state index in [1.807, 2.05) is 0 Å². The molecule has 15 heteroatoms. The molecule has 0 saturated heterocycles. The maximum absolute atomic E-state index is 14.9. The van der Waals surface area contributed by atoms with Crippen LogP contribution < -0.4 is 14.2 Å². The SMILES string of the molecule is C[C@H](Oc1cc(-n2nc(C(F)(F)F)c3c2[C@H](OC24CCC(C(=O)O)(CC2)CC4)CCC3)cnc1F)c1ccc2c(c1)OC(F)(F)O2. The van der Waals surface area contributed by atoms with Crippen LogP contribution in [0.15, 0.2) is 30.5 Å². The Kier molecular flexibility index (Phi) is 7.00. The molecule has 3 fully saturated rings. The van der Waals surface area contributed by atoms with E-state index in [1.165, 1.54) is 31.2 Å². The molecule has 8 rings (SSSR count). The Morgan fingerprint density at radius 2 is 1.78 bits per heavy atom. The lowest BCUT2D eigenvalue weighted by atomic mass is 9.58. The van der Waals surface area contributed by atoms with Crippen LogP contribution in [0.25, 0.3) is 5.69 Å². The number of rotatable bonds is 7. The number of fused-ring (bicyclic) bond motifs is 5. The van der Waals surface area contributed by atoms with Crippen molar-refractivity contribution in [3.63, 3.8) is 0 Å². The number of carboxylic acids is 1. The Bertz CT molecular complexity index is 1680. The summed E-state index contributed by atoms with van der Waals surface area (Å²) in [5.41, 5.74) is -1.99. The van der Waals surface area contributed by atoms with Crippen LogP contribution in [0.5, 0.6) is 17.2 Å². The Morgan fingerprint density at radius 1 is 1.09 bits per heavy atom. The smallest absolute Gasteiger partial charge is 0.481 e. The lowest BCUT2D eigenvalue weighted by Gasteiger charge is -2.52. The first-order chi connectivity index (χ1) is 21.7. The van der Waals surface area contributed by atoms with Gasteiger partial charge in [0.1, 0.15) is 12.2 Å². The summed E-state index contributed by atoms with van der Waals surface area (Å²) in [5, 5.41) is 13.7. The normalized spacial score (nSPS) is 26.9. The average Bonchev–Trinajstić information content (AvgIpc) is 3.56. The number of carboxylic acid groups (broad SMARTS) is 1.